The molecule has 2 aromatic rings. The first-order chi connectivity index (χ1) is 12.1. The molecule has 132 valence electrons. The fourth-order valence-corrected chi connectivity index (χ4v) is 3.06. The number of carbonyl (C=O) groups excluding carboxylic acids is 1. The Morgan fingerprint density at radius 2 is 1.72 bits per heavy atom. The van der Waals surface area contributed by atoms with Gasteiger partial charge in [0.15, 0.2) is 0 Å². The van der Waals surface area contributed by atoms with E-state index in [-0.39, 0.29) is 18.1 Å². The van der Waals surface area contributed by atoms with E-state index in [2.05, 4.69) is 34.3 Å². The van der Waals surface area contributed by atoms with Crippen molar-refractivity contribution < 1.29 is 9.18 Å². The van der Waals surface area contributed by atoms with Crippen LogP contribution in [0, 0.1) is 5.82 Å². The molecule has 0 unspecified atom stereocenters. The molecule has 0 spiro atoms. The van der Waals surface area contributed by atoms with Gasteiger partial charge in [0.1, 0.15) is 5.82 Å². The molecule has 5 heteroatoms. The van der Waals surface area contributed by atoms with Crippen LogP contribution in [-0.4, -0.2) is 44.0 Å². The van der Waals surface area contributed by atoms with Gasteiger partial charge in [-0.05, 0) is 36.4 Å². The molecular formula is C20H24FN3O. The van der Waals surface area contributed by atoms with Gasteiger partial charge in [0, 0.05) is 38.4 Å². The summed E-state index contributed by atoms with van der Waals surface area (Å²) in [5.41, 5.74) is 3.13. The Labute approximate surface area is 148 Å². The second kappa shape index (κ2) is 8.12. The Morgan fingerprint density at radius 1 is 1.04 bits per heavy atom. The minimum atomic E-state index is -0.287. The van der Waals surface area contributed by atoms with Gasteiger partial charge in [0.25, 0.3) is 0 Å². The number of nitrogens with zero attached hydrogens (tertiary/aromatic N) is 2. The van der Waals surface area contributed by atoms with Gasteiger partial charge in [-0.15, -0.1) is 0 Å². The molecule has 0 saturated carbocycles. The maximum absolute atomic E-state index is 12.9. The molecule has 1 aliphatic rings. The van der Waals surface area contributed by atoms with Crippen LogP contribution in [0.3, 0.4) is 0 Å². The fourth-order valence-electron chi connectivity index (χ4n) is 3.06. The number of nitrogens with one attached hydrogen (secondary N) is 1. The van der Waals surface area contributed by atoms with E-state index in [1.54, 1.807) is 12.1 Å². The molecule has 1 saturated heterocycles. The van der Waals surface area contributed by atoms with Gasteiger partial charge in [-0.1, -0.05) is 30.3 Å². The van der Waals surface area contributed by atoms with E-state index in [9.17, 15) is 9.18 Å². The first kappa shape index (κ1) is 17.4. The molecule has 25 heavy (non-hydrogen) atoms. The molecule has 0 atom stereocenters. The lowest BCUT2D eigenvalue weighted by Gasteiger charge is -2.35. The minimum Gasteiger partial charge on any atom is -0.369 e. The Bertz CT molecular complexity index is 709. The van der Waals surface area contributed by atoms with Crippen molar-refractivity contribution in [2.24, 2.45) is 0 Å². The monoisotopic (exact) mass is 341 g/mol. The molecule has 0 aliphatic carbocycles. The van der Waals surface area contributed by atoms with Crippen molar-refractivity contribution in [3.05, 3.63) is 65.5 Å². The van der Waals surface area contributed by atoms with E-state index in [1.165, 1.54) is 17.8 Å². The normalized spacial score (nSPS) is 15.2. The van der Waals surface area contributed by atoms with Crippen LogP contribution in [0.1, 0.15) is 11.1 Å². The zero-order chi connectivity index (χ0) is 17.6. The maximum atomic E-state index is 12.9. The topological polar surface area (TPSA) is 35.6 Å². The summed E-state index contributed by atoms with van der Waals surface area (Å²) < 4.78 is 12.9. The predicted molar refractivity (Wildman–Crippen MR) is 98.1 cm³/mol. The van der Waals surface area contributed by atoms with Gasteiger partial charge in [-0.3, -0.25) is 4.79 Å². The molecule has 0 bridgehead atoms. The van der Waals surface area contributed by atoms with Gasteiger partial charge in [-0.25, -0.2) is 4.39 Å². The number of benzene rings is 2. The summed E-state index contributed by atoms with van der Waals surface area (Å²) in [6.45, 7) is 4.59. The molecule has 1 aliphatic heterocycles. The first-order valence-electron chi connectivity index (χ1n) is 8.64. The highest BCUT2D eigenvalue weighted by atomic mass is 19.1. The number of amides is 1. The molecular weight excluding hydrogens is 317 g/mol. The summed E-state index contributed by atoms with van der Waals surface area (Å²) in [5.74, 6) is -0.343. The zero-order valence-corrected chi connectivity index (χ0v) is 14.5. The van der Waals surface area contributed by atoms with E-state index >= 15 is 0 Å². The van der Waals surface area contributed by atoms with Crippen LogP contribution < -0.4 is 10.2 Å². The van der Waals surface area contributed by atoms with Crippen LogP contribution in [0.5, 0.6) is 0 Å². The highest BCUT2D eigenvalue weighted by Gasteiger charge is 2.16. The van der Waals surface area contributed by atoms with Gasteiger partial charge in [0.2, 0.25) is 5.91 Å². The quantitative estimate of drug-likeness (QED) is 0.907. The van der Waals surface area contributed by atoms with Crippen molar-refractivity contribution in [2.45, 2.75) is 13.0 Å². The van der Waals surface area contributed by atoms with Crippen LogP contribution in [0.15, 0.2) is 48.5 Å². The Morgan fingerprint density at radius 3 is 2.44 bits per heavy atom. The largest absolute Gasteiger partial charge is 0.369 e. The lowest BCUT2D eigenvalue weighted by molar-refractivity contribution is -0.120. The van der Waals surface area contributed by atoms with E-state index in [0.717, 1.165) is 37.3 Å². The van der Waals surface area contributed by atoms with Crippen molar-refractivity contribution >= 4 is 11.6 Å². The number of para-hydroxylation sites is 1. The molecule has 1 N–H and O–H groups in total. The van der Waals surface area contributed by atoms with Gasteiger partial charge in [-0.2, -0.15) is 0 Å². The number of hydrogen-bond donors (Lipinski definition) is 1. The number of carbonyl (C=O) groups is 1. The Balaban J connectivity index is 1.59. The van der Waals surface area contributed by atoms with Gasteiger partial charge in [0.05, 0.1) is 6.42 Å². The van der Waals surface area contributed by atoms with Crippen molar-refractivity contribution in [2.75, 3.05) is 38.1 Å². The van der Waals surface area contributed by atoms with Crippen LogP contribution >= 0.6 is 0 Å². The number of piperazine rings is 1. The van der Waals surface area contributed by atoms with Crippen LogP contribution in [0.4, 0.5) is 10.1 Å². The lowest BCUT2D eigenvalue weighted by atomic mass is 10.1. The summed E-state index contributed by atoms with van der Waals surface area (Å²) in [7, 11) is 2.14. The Kier molecular flexibility index (Phi) is 5.66. The standard InChI is InChI=1S/C20H24FN3O/c1-23-10-12-24(13-11-23)19-5-3-2-4-17(19)15-22-20(25)14-16-6-8-18(21)9-7-16/h2-9H,10-15H2,1H3,(H,22,25). The third-order valence-electron chi connectivity index (χ3n) is 4.59. The number of anilines is 1. The van der Waals surface area contributed by atoms with Crippen molar-refractivity contribution in [1.29, 1.82) is 0 Å². The minimum absolute atomic E-state index is 0.0558. The highest BCUT2D eigenvalue weighted by molar-refractivity contribution is 5.78. The van der Waals surface area contributed by atoms with Gasteiger partial charge >= 0.3 is 0 Å². The summed E-state index contributed by atoms with van der Waals surface area (Å²) in [4.78, 5) is 16.9. The first-order valence-corrected chi connectivity index (χ1v) is 8.64. The number of rotatable bonds is 5. The van der Waals surface area contributed by atoms with E-state index in [0.29, 0.717) is 6.54 Å². The SMILES string of the molecule is CN1CCN(c2ccccc2CNC(=O)Cc2ccc(F)cc2)CC1. The van der Waals surface area contributed by atoms with E-state index < -0.39 is 0 Å². The Hall–Kier alpha value is -2.40. The third kappa shape index (κ3) is 4.79. The van der Waals surface area contributed by atoms with Crippen LogP contribution in [0.25, 0.3) is 0 Å². The molecule has 1 heterocycles. The number of halogens is 1. The average Bonchev–Trinajstić information content (AvgIpc) is 2.63. The van der Waals surface area contributed by atoms with Crippen molar-refractivity contribution in [3.8, 4) is 0 Å². The summed E-state index contributed by atoms with van der Waals surface area (Å²) in [5, 5.41) is 2.98. The highest BCUT2D eigenvalue weighted by Crippen LogP contribution is 2.21. The van der Waals surface area contributed by atoms with Crippen LogP contribution in [-0.2, 0) is 17.8 Å². The van der Waals surface area contributed by atoms with E-state index in [4.69, 9.17) is 0 Å². The summed E-state index contributed by atoms with van der Waals surface area (Å²) >= 11 is 0. The number of likely N-dealkylation sites (N-methyl/N-ethyl adjacent to an activating group) is 1. The number of hydrogen-bond acceptors (Lipinski definition) is 3. The molecule has 4 nitrogen and oxygen atoms in total. The maximum Gasteiger partial charge on any atom is 0.224 e. The molecule has 0 aromatic heterocycles. The predicted octanol–water partition coefficient (Wildman–Crippen LogP) is 2.44. The second-order valence-corrected chi connectivity index (χ2v) is 6.50. The van der Waals surface area contributed by atoms with Crippen molar-refractivity contribution in [3.63, 3.8) is 0 Å². The lowest BCUT2D eigenvalue weighted by Crippen LogP contribution is -2.45. The third-order valence-corrected chi connectivity index (χ3v) is 4.59. The second-order valence-electron chi connectivity index (χ2n) is 6.50. The van der Waals surface area contributed by atoms with E-state index in [1.807, 2.05) is 12.1 Å². The molecule has 1 amide bonds. The molecule has 1 fully saturated rings. The molecule has 0 radical (unpaired) electrons. The molecule has 2 aromatic carbocycles. The smallest absolute Gasteiger partial charge is 0.224 e. The average molecular weight is 341 g/mol. The van der Waals surface area contributed by atoms with Crippen molar-refractivity contribution in [1.82, 2.24) is 10.2 Å². The summed E-state index contributed by atoms with van der Waals surface area (Å²) in [6, 6.07) is 14.3. The van der Waals surface area contributed by atoms with Gasteiger partial charge < -0.3 is 15.1 Å². The van der Waals surface area contributed by atoms with Crippen LogP contribution in [0.2, 0.25) is 0 Å². The molecule has 3 rings (SSSR count). The fraction of sp³-hybridized carbons (Fsp3) is 0.350. The zero-order valence-electron chi connectivity index (χ0n) is 14.5. The summed E-state index contributed by atoms with van der Waals surface area (Å²) in [6.07, 6.45) is 0.261.